The molecule has 9 heteroatoms. The van der Waals surface area contributed by atoms with Crippen LogP contribution in [0.5, 0.6) is 0 Å². The predicted molar refractivity (Wildman–Crippen MR) is 110 cm³/mol. The van der Waals surface area contributed by atoms with Gasteiger partial charge in [0.25, 0.3) is 5.91 Å². The van der Waals surface area contributed by atoms with Crippen molar-refractivity contribution < 1.29 is 18.0 Å². The molecule has 2 N–H and O–H groups in total. The molecule has 0 aromatic heterocycles. The summed E-state index contributed by atoms with van der Waals surface area (Å²) in [5.41, 5.74) is 5.78. The fourth-order valence-corrected chi connectivity index (χ4v) is 4.81. The molecule has 2 aromatic carbocycles. The molecule has 2 aromatic rings. The van der Waals surface area contributed by atoms with Gasteiger partial charge in [0.05, 0.1) is 4.90 Å². The zero-order valence-corrected chi connectivity index (χ0v) is 17.3. The van der Waals surface area contributed by atoms with Crippen molar-refractivity contribution in [1.29, 1.82) is 0 Å². The predicted octanol–water partition coefficient (Wildman–Crippen LogP) is 2.52. The number of rotatable bonds is 6. The lowest BCUT2D eigenvalue weighted by molar-refractivity contribution is -0.121. The molecular weight excluding hydrogens is 414 g/mol. The number of carbonyl (C=O) groups is 2. The summed E-state index contributed by atoms with van der Waals surface area (Å²) in [7, 11) is -3.52. The molecule has 0 spiro atoms. The molecule has 1 aliphatic rings. The number of carbonyl (C=O) groups excluding carboxylic acids is 2. The van der Waals surface area contributed by atoms with Crippen LogP contribution in [0, 0.1) is 0 Å². The minimum atomic E-state index is -3.52. The third kappa shape index (κ3) is 5.35. The summed E-state index contributed by atoms with van der Waals surface area (Å²) in [5, 5.41) is 0.591. The Morgan fingerprint density at radius 1 is 0.966 bits per heavy atom. The summed E-state index contributed by atoms with van der Waals surface area (Å²) in [6, 6.07) is 12.9. The van der Waals surface area contributed by atoms with Gasteiger partial charge in [-0.2, -0.15) is 4.31 Å². The van der Waals surface area contributed by atoms with E-state index in [9.17, 15) is 18.0 Å². The Kier molecular flexibility index (Phi) is 6.89. The van der Waals surface area contributed by atoms with Crippen LogP contribution in [0.4, 0.5) is 0 Å². The van der Waals surface area contributed by atoms with Gasteiger partial charge < -0.3 is 0 Å². The largest absolute Gasteiger partial charge is 0.273 e. The number of nitrogens with one attached hydrogen (secondary N) is 2. The first-order valence-corrected chi connectivity index (χ1v) is 11.1. The van der Waals surface area contributed by atoms with Crippen LogP contribution in [0.15, 0.2) is 53.4 Å². The lowest BCUT2D eigenvalue weighted by atomic mass is 10.1. The highest BCUT2D eigenvalue weighted by molar-refractivity contribution is 7.89. The molecule has 1 saturated heterocycles. The van der Waals surface area contributed by atoms with E-state index < -0.39 is 15.9 Å². The van der Waals surface area contributed by atoms with E-state index in [0.717, 1.165) is 18.4 Å². The van der Waals surface area contributed by atoms with Gasteiger partial charge in [0.15, 0.2) is 0 Å². The van der Waals surface area contributed by atoms with E-state index in [1.165, 1.54) is 28.6 Å². The molecule has 1 aliphatic heterocycles. The molecule has 0 radical (unpaired) electrons. The Morgan fingerprint density at radius 3 is 2.28 bits per heavy atom. The lowest BCUT2D eigenvalue weighted by Gasteiger charge is -2.15. The molecule has 1 heterocycles. The first-order valence-electron chi connectivity index (χ1n) is 9.31. The summed E-state index contributed by atoms with van der Waals surface area (Å²) < 4.78 is 26.5. The van der Waals surface area contributed by atoms with Crippen LogP contribution in [-0.4, -0.2) is 37.6 Å². The number of hydrogen-bond acceptors (Lipinski definition) is 4. The van der Waals surface area contributed by atoms with Crippen LogP contribution >= 0.6 is 11.6 Å². The number of amides is 2. The number of sulfonamides is 1. The van der Waals surface area contributed by atoms with Crippen molar-refractivity contribution in [2.75, 3.05) is 13.1 Å². The molecule has 0 atom stereocenters. The average Bonchev–Trinajstić information content (AvgIpc) is 3.27. The second kappa shape index (κ2) is 9.39. The van der Waals surface area contributed by atoms with Crippen LogP contribution in [-0.2, 0) is 21.2 Å². The van der Waals surface area contributed by atoms with Crippen molar-refractivity contribution in [3.63, 3.8) is 0 Å². The highest BCUT2D eigenvalue weighted by Crippen LogP contribution is 2.21. The van der Waals surface area contributed by atoms with E-state index in [1.54, 1.807) is 6.07 Å². The van der Waals surface area contributed by atoms with E-state index >= 15 is 0 Å². The van der Waals surface area contributed by atoms with Crippen molar-refractivity contribution in [3.8, 4) is 0 Å². The average molecular weight is 436 g/mol. The molecule has 29 heavy (non-hydrogen) atoms. The monoisotopic (exact) mass is 435 g/mol. The van der Waals surface area contributed by atoms with Gasteiger partial charge in [-0.1, -0.05) is 29.8 Å². The number of nitrogens with zero attached hydrogens (tertiary/aromatic N) is 1. The number of benzene rings is 2. The minimum absolute atomic E-state index is 0.153. The summed E-state index contributed by atoms with van der Waals surface area (Å²) >= 11 is 6.05. The van der Waals surface area contributed by atoms with E-state index in [0.29, 0.717) is 24.5 Å². The van der Waals surface area contributed by atoms with Gasteiger partial charge in [0.1, 0.15) is 0 Å². The molecular formula is C20H22ClN3O4S. The Bertz CT molecular complexity index is 987. The summed E-state index contributed by atoms with van der Waals surface area (Å²) in [5.74, 6) is -0.882. The van der Waals surface area contributed by atoms with Crippen LogP contribution < -0.4 is 10.9 Å². The topological polar surface area (TPSA) is 95.6 Å². The zero-order chi connectivity index (χ0) is 20.9. The first kappa shape index (κ1) is 21.3. The standard InChI is InChI=1S/C20H22ClN3O4S/c21-18-6-2-1-5-15(18)9-12-19(25)22-23-20(26)16-7-10-17(11-8-16)29(27,28)24-13-3-4-14-24/h1-2,5-8,10-11H,3-4,9,12-14H2,(H,22,25)(H,23,26). The Labute approximate surface area is 175 Å². The normalized spacial score (nSPS) is 14.5. The molecule has 0 saturated carbocycles. The molecule has 154 valence electrons. The van der Waals surface area contributed by atoms with Gasteiger partial charge in [-0.3, -0.25) is 20.4 Å². The number of aryl methyl sites for hydroxylation is 1. The van der Waals surface area contributed by atoms with Gasteiger partial charge in [0.2, 0.25) is 15.9 Å². The van der Waals surface area contributed by atoms with Gasteiger partial charge >= 0.3 is 0 Å². The second-order valence-corrected chi connectivity index (χ2v) is 9.07. The first-order chi connectivity index (χ1) is 13.9. The molecule has 0 aliphatic carbocycles. The van der Waals surface area contributed by atoms with Crippen LogP contribution in [0.1, 0.15) is 35.2 Å². The molecule has 0 unspecified atom stereocenters. The Morgan fingerprint density at radius 2 is 1.62 bits per heavy atom. The van der Waals surface area contributed by atoms with Crippen molar-refractivity contribution in [1.82, 2.24) is 15.2 Å². The lowest BCUT2D eigenvalue weighted by Crippen LogP contribution is -2.41. The van der Waals surface area contributed by atoms with E-state index in [-0.39, 0.29) is 22.8 Å². The van der Waals surface area contributed by atoms with Crippen LogP contribution in [0.25, 0.3) is 0 Å². The third-order valence-corrected chi connectivity index (χ3v) is 7.00. The van der Waals surface area contributed by atoms with Crippen molar-refractivity contribution >= 4 is 33.4 Å². The Hall–Kier alpha value is -2.42. The van der Waals surface area contributed by atoms with Gasteiger partial charge in [-0.25, -0.2) is 8.42 Å². The van der Waals surface area contributed by atoms with E-state index in [2.05, 4.69) is 10.9 Å². The maximum Gasteiger partial charge on any atom is 0.269 e. The molecule has 7 nitrogen and oxygen atoms in total. The SMILES string of the molecule is O=C(CCc1ccccc1Cl)NNC(=O)c1ccc(S(=O)(=O)N2CCCC2)cc1. The van der Waals surface area contributed by atoms with E-state index in [4.69, 9.17) is 11.6 Å². The third-order valence-electron chi connectivity index (χ3n) is 4.71. The minimum Gasteiger partial charge on any atom is -0.273 e. The van der Waals surface area contributed by atoms with Gasteiger partial charge in [0, 0.05) is 30.1 Å². The van der Waals surface area contributed by atoms with Crippen molar-refractivity contribution in [3.05, 3.63) is 64.7 Å². The number of hydrazine groups is 1. The second-order valence-electron chi connectivity index (χ2n) is 6.73. The van der Waals surface area contributed by atoms with Crippen LogP contribution in [0.3, 0.4) is 0 Å². The maximum absolute atomic E-state index is 12.5. The van der Waals surface area contributed by atoms with E-state index in [1.807, 2.05) is 18.2 Å². The summed E-state index contributed by atoms with van der Waals surface area (Å²) in [6.45, 7) is 1.04. The fraction of sp³-hybridized carbons (Fsp3) is 0.300. The zero-order valence-electron chi connectivity index (χ0n) is 15.7. The van der Waals surface area contributed by atoms with Crippen molar-refractivity contribution in [2.45, 2.75) is 30.6 Å². The highest BCUT2D eigenvalue weighted by Gasteiger charge is 2.27. The Balaban J connectivity index is 1.51. The molecule has 1 fully saturated rings. The molecule has 2 amide bonds. The fourth-order valence-electron chi connectivity index (χ4n) is 3.07. The number of halogens is 1. The highest BCUT2D eigenvalue weighted by atomic mass is 35.5. The number of hydrogen-bond donors (Lipinski definition) is 2. The van der Waals surface area contributed by atoms with Crippen molar-refractivity contribution in [2.24, 2.45) is 0 Å². The summed E-state index contributed by atoms with van der Waals surface area (Å²) in [6.07, 6.45) is 2.33. The summed E-state index contributed by atoms with van der Waals surface area (Å²) in [4.78, 5) is 24.3. The van der Waals surface area contributed by atoms with Gasteiger partial charge in [-0.15, -0.1) is 0 Å². The smallest absolute Gasteiger partial charge is 0.269 e. The van der Waals surface area contributed by atoms with Crippen LogP contribution in [0.2, 0.25) is 5.02 Å². The maximum atomic E-state index is 12.5. The quantitative estimate of drug-likeness (QED) is 0.681. The molecule has 0 bridgehead atoms. The molecule has 3 rings (SSSR count). The van der Waals surface area contributed by atoms with Gasteiger partial charge in [-0.05, 0) is 55.2 Å².